The maximum atomic E-state index is 13.2. The van der Waals surface area contributed by atoms with Crippen LogP contribution in [0.5, 0.6) is 5.75 Å². The monoisotopic (exact) mass is 570 g/mol. The van der Waals surface area contributed by atoms with E-state index in [0.717, 1.165) is 60.5 Å². The van der Waals surface area contributed by atoms with Gasteiger partial charge in [-0.25, -0.2) is 0 Å². The molecular weight excluding hydrogens is 528 g/mol. The zero-order valence-electron chi connectivity index (χ0n) is 24.5. The molecule has 2 atom stereocenters. The van der Waals surface area contributed by atoms with E-state index in [1.807, 2.05) is 41.4 Å². The summed E-state index contributed by atoms with van der Waals surface area (Å²) in [6, 6.07) is 16.1. The predicted octanol–water partition coefficient (Wildman–Crippen LogP) is 3.59. The number of hydrogen-bond donors (Lipinski definition) is 2. The summed E-state index contributed by atoms with van der Waals surface area (Å²) in [7, 11) is 2.09. The number of nitrogens with zero attached hydrogens (tertiary/aromatic N) is 4. The Bertz CT molecular complexity index is 1310. The predicted molar refractivity (Wildman–Crippen MR) is 163 cm³/mol. The molecule has 0 unspecified atom stereocenters. The van der Waals surface area contributed by atoms with Crippen LogP contribution in [0.1, 0.15) is 42.5 Å². The van der Waals surface area contributed by atoms with E-state index < -0.39 is 0 Å². The third-order valence-corrected chi connectivity index (χ3v) is 8.41. The molecule has 2 aromatic heterocycles. The van der Waals surface area contributed by atoms with Crippen molar-refractivity contribution < 1.29 is 14.3 Å². The van der Waals surface area contributed by atoms with Crippen molar-refractivity contribution >= 4 is 17.5 Å². The highest BCUT2D eigenvalue weighted by molar-refractivity contribution is 5.79. The SMILES string of the molecule is CN(CCc1ccccn1)c1ccc2c(c1)CNCC(=O)N1CC[C@@H](CC(=O)NCc3ccncc3)[C@@H](CCCO2)C1. The number of aromatic nitrogens is 2. The molecule has 0 saturated carbocycles. The van der Waals surface area contributed by atoms with Crippen molar-refractivity contribution in [2.45, 2.75) is 45.2 Å². The second kappa shape index (κ2) is 14.8. The lowest BCUT2D eigenvalue weighted by Gasteiger charge is -2.38. The lowest BCUT2D eigenvalue weighted by Crippen LogP contribution is -2.47. The first kappa shape index (κ1) is 29.5. The molecule has 1 aromatic carbocycles. The van der Waals surface area contributed by atoms with E-state index in [-0.39, 0.29) is 30.2 Å². The van der Waals surface area contributed by atoms with Crippen LogP contribution in [0.25, 0.3) is 0 Å². The van der Waals surface area contributed by atoms with Gasteiger partial charge in [0.1, 0.15) is 5.75 Å². The Hall–Kier alpha value is -3.98. The molecule has 2 bridgehead atoms. The van der Waals surface area contributed by atoms with Crippen LogP contribution >= 0.6 is 0 Å². The van der Waals surface area contributed by atoms with E-state index in [4.69, 9.17) is 4.74 Å². The van der Waals surface area contributed by atoms with Crippen molar-refractivity contribution in [3.63, 3.8) is 0 Å². The third-order valence-electron chi connectivity index (χ3n) is 8.41. The highest BCUT2D eigenvalue weighted by Gasteiger charge is 2.32. The number of likely N-dealkylation sites (N-methyl/N-ethyl adjacent to an activating group) is 1. The van der Waals surface area contributed by atoms with Crippen LogP contribution in [-0.4, -0.2) is 66.5 Å². The molecule has 0 aliphatic carbocycles. The van der Waals surface area contributed by atoms with Gasteiger partial charge in [-0.2, -0.15) is 0 Å². The molecule has 4 heterocycles. The largest absolute Gasteiger partial charge is 0.493 e. The third kappa shape index (κ3) is 8.28. The van der Waals surface area contributed by atoms with Gasteiger partial charge in [0.05, 0.1) is 13.2 Å². The normalized spacial score (nSPS) is 19.4. The molecule has 3 aromatic rings. The number of carbonyl (C=O) groups excluding carboxylic acids is 2. The van der Waals surface area contributed by atoms with Crippen LogP contribution in [0.2, 0.25) is 0 Å². The summed E-state index contributed by atoms with van der Waals surface area (Å²) in [5, 5.41) is 6.42. The minimum Gasteiger partial charge on any atom is -0.493 e. The molecule has 5 rings (SSSR count). The Labute approximate surface area is 248 Å². The average molecular weight is 571 g/mol. The number of carbonyl (C=O) groups is 2. The van der Waals surface area contributed by atoms with Gasteiger partial charge in [0.25, 0.3) is 0 Å². The summed E-state index contributed by atoms with van der Waals surface area (Å²) in [4.78, 5) is 38.6. The molecular formula is C33H42N6O3. The van der Waals surface area contributed by atoms with Gasteiger partial charge >= 0.3 is 0 Å². The van der Waals surface area contributed by atoms with Crippen LogP contribution in [0, 0.1) is 11.8 Å². The Morgan fingerprint density at radius 3 is 2.83 bits per heavy atom. The first-order valence-electron chi connectivity index (χ1n) is 15.1. The van der Waals surface area contributed by atoms with Gasteiger partial charge < -0.3 is 25.2 Å². The van der Waals surface area contributed by atoms with Crippen LogP contribution in [0.4, 0.5) is 5.69 Å². The van der Waals surface area contributed by atoms with E-state index in [1.165, 1.54) is 0 Å². The summed E-state index contributed by atoms with van der Waals surface area (Å²) in [6.45, 7) is 4.18. The second-order valence-corrected chi connectivity index (χ2v) is 11.4. The molecule has 2 amide bonds. The molecule has 222 valence electrons. The van der Waals surface area contributed by atoms with Crippen molar-refractivity contribution in [2.75, 3.05) is 44.7 Å². The Kier molecular flexibility index (Phi) is 10.4. The molecule has 0 radical (unpaired) electrons. The van der Waals surface area contributed by atoms with E-state index in [9.17, 15) is 9.59 Å². The second-order valence-electron chi connectivity index (χ2n) is 11.4. The molecule has 42 heavy (non-hydrogen) atoms. The topological polar surface area (TPSA) is 99.7 Å². The molecule has 9 heteroatoms. The summed E-state index contributed by atoms with van der Waals surface area (Å²) in [5.41, 5.74) is 4.26. The van der Waals surface area contributed by atoms with Gasteiger partial charge in [0.15, 0.2) is 0 Å². The summed E-state index contributed by atoms with van der Waals surface area (Å²) < 4.78 is 6.28. The molecule has 1 fully saturated rings. The van der Waals surface area contributed by atoms with Gasteiger partial charge in [0.2, 0.25) is 11.8 Å². The number of amides is 2. The smallest absolute Gasteiger partial charge is 0.236 e. The Morgan fingerprint density at radius 2 is 2.00 bits per heavy atom. The highest BCUT2D eigenvalue weighted by atomic mass is 16.5. The Morgan fingerprint density at radius 1 is 1.12 bits per heavy atom. The first-order chi connectivity index (χ1) is 20.5. The van der Waals surface area contributed by atoms with Crippen LogP contribution in [0.15, 0.2) is 67.1 Å². The number of fused-ring (bicyclic) bond motifs is 3. The number of piperidine rings is 1. The van der Waals surface area contributed by atoms with Crippen molar-refractivity contribution in [3.05, 3.63) is 83.9 Å². The zero-order valence-corrected chi connectivity index (χ0v) is 24.5. The number of rotatable bonds is 8. The van der Waals surface area contributed by atoms with Gasteiger partial charge in [-0.1, -0.05) is 6.07 Å². The zero-order chi connectivity index (χ0) is 29.1. The number of benzene rings is 1. The van der Waals surface area contributed by atoms with Gasteiger partial charge in [0, 0.05) is 88.1 Å². The molecule has 2 N–H and O–H groups in total. The standard InChI is InChI=1S/C33H42N6O3/c1-38(16-12-29-6-2-3-13-36-29)30-7-8-31-28(19-30)22-35-23-33(41)39-17-11-26(27(24-39)5-4-18-42-31)20-32(40)37-21-25-9-14-34-15-10-25/h2-3,6-10,13-15,19,26-27,35H,4-5,11-12,16-18,20-24H2,1H3,(H,37,40)/t26-,27-/m0/s1. The fourth-order valence-electron chi connectivity index (χ4n) is 5.90. The highest BCUT2D eigenvalue weighted by Crippen LogP contribution is 2.31. The number of hydrogen-bond acceptors (Lipinski definition) is 7. The lowest BCUT2D eigenvalue weighted by atomic mass is 9.80. The van der Waals surface area contributed by atoms with Crippen molar-refractivity contribution in [1.82, 2.24) is 25.5 Å². The molecule has 0 spiro atoms. The van der Waals surface area contributed by atoms with Crippen molar-refractivity contribution in [3.8, 4) is 5.75 Å². The summed E-state index contributed by atoms with van der Waals surface area (Å²) in [6.07, 6.45) is 9.28. The molecule has 1 saturated heterocycles. The minimum absolute atomic E-state index is 0.0622. The quantitative estimate of drug-likeness (QED) is 0.427. The first-order valence-corrected chi connectivity index (χ1v) is 15.1. The Balaban J connectivity index is 1.19. The fraction of sp³-hybridized carbons (Fsp3) is 0.455. The van der Waals surface area contributed by atoms with E-state index >= 15 is 0 Å². The number of ether oxygens (including phenoxy) is 1. The number of nitrogens with one attached hydrogen (secondary N) is 2. The average Bonchev–Trinajstić information content (AvgIpc) is 3.03. The van der Waals surface area contributed by atoms with Crippen LogP contribution in [0.3, 0.4) is 0 Å². The molecule has 2 aliphatic rings. The van der Waals surface area contributed by atoms with Gasteiger partial charge in [-0.05, 0) is 79.1 Å². The van der Waals surface area contributed by atoms with E-state index in [1.54, 1.807) is 12.4 Å². The van der Waals surface area contributed by atoms with Gasteiger partial charge in [-0.3, -0.25) is 19.6 Å². The number of pyridine rings is 2. The fourth-order valence-corrected chi connectivity index (χ4v) is 5.90. The van der Waals surface area contributed by atoms with Crippen LogP contribution in [-0.2, 0) is 29.1 Å². The molecule has 2 aliphatic heterocycles. The van der Waals surface area contributed by atoms with Crippen molar-refractivity contribution in [1.29, 1.82) is 0 Å². The maximum Gasteiger partial charge on any atom is 0.236 e. The summed E-state index contributed by atoms with van der Waals surface area (Å²) in [5.74, 6) is 1.55. The van der Waals surface area contributed by atoms with Gasteiger partial charge in [-0.15, -0.1) is 0 Å². The lowest BCUT2D eigenvalue weighted by molar-refractivity contribution is -0.133. The summed E-state index contributed by atoms with van der Waals surface area (Å²) >= 11 is 0. The van der Waals surface area contributed by atoms with E-state index in [0.29, 0.717) is 39.2 Å². The molecule has 9 nitrogen and oxygen atoms in total. The van der Waals surface area contributed by atoms with E-state index in [2.05, 4.69) is 50.7 Å². The maximum absolute atomic E-state index is 13.2. The van der Waals surface area contributed by atoms with Crippen LogP contribution < -0.4 is 20.3 Å². The van der Waals surface area contributed by atoms with Crippen molar-refractivity contribution in [2.24, 2.45) is 11.8 Å². The number of anilines is 1. The minimum atomic E-state index is 0.0622.